The van der Waals surface area contributed by atoms with Gasteiger partial charge in [-0.2, -0.15) is 0 Å². The molecule has 0 amide bonds. The van der Waals surface area contributed by atoms with Gasteiger partial charge in [0.1, 0.15) is 11.5 Å². The minimum absolute atomic E-state index is 0. The summed E-state index contributed by atoms with van der Waals surface area (Å²) in [4.78, 5) is 4.64. The summed E-state index contributed by atoms with van der Waals surface area (Å²) < 4.78 is 70.4. The van der Waals surface area contributed by atoms with Gasteiger partial charge in [-0.1, -0.05) is 111 Å². The number of hydrogen-bond acceptors (Lipinski definition) is 10. The van der Waals surface area contributed by atoms with Crippen molar-refractivity contribution >= 4 is 31.0 Å². The Balaban J connectivity index is 0.00000560. The highest BCUT2D eigenvalue weighted by Gasteiger charge is 2.51. The minimum atomic E-state index is -3.66. The number of aliphatic hydroxyl groups is 2. The fourth-order valence-electron chi connectivity index (χ4n) is 12.5. The van der Waals surface area contributed by atoms with Crippen LogP contribution in [0.1, 0.15) is 185 Å². The van der Waals surface area contributed by atoms with E-state index >= 15 is 0 Å². The monoisotopic (exact) mass is 1190 g/mol. The molecule has 0 saturated heterocycles. The van der Waals surface area contributed by atoms with Crippen molar-refractivity contribution in [3.8, 4) is 11.5 Å². The second-order valence-corrected chi connectivity index (χ2v) is 28.0. The summed E-state index contributed by atoms with van der Waals surface area (Å²) in [5, 5.41) is 25.1. The number of sulfone groups is 2. The standard InChI is InChI=1S/C64H98N3O8S2.CH4.2ClH/c1-11-15-37-63(38-16-12-2)47-76(70,71)57-35-29-51(65(5)6)45-55(57)59(61(63)68)49-25-31-53(32-26-49)74-43-23-19-21-41-67(9,10)42-22-20-24-44-75-54-33-27-50(28-34-54)60-56-46-52(66(7)8)30-36-58(56)77(72,73)48-64(62(60)69,39-17-13-3)40-18-14-4;;;/h25-36,45-46,59-62,68-69H,11-24,37-44,47-48H2,1-10H3;1H4;2*1H/q+1;;;/p-2/t59-,60-,61-,62-;;;/m1.../s1. The Morgan fingerprint density at radius 2 is 0.825 bits per heavy atom. The minimum Gasteiger partial charge on any atom is -1.00 e. The van der Waals surface area contributed by atoms with Crippen LogP contribution >= 0.6 is 0 Å². The number of hydrogen-bond donors (Lipinski definition) is 2. The normalized spacial score (nSPS) is 19.6. The molecular formula is C65H102Cl2N3O8S2-. The number of benzene rings is 4. The van der Waals surface area contributed by atoms with Crippen LogP contribution in [-0.2, 0) is 19.7 Å². The van der Waals surface area contributed by atoms with Crippen LogP contribution in [0.5, 0.6) is 11.5 Å². The number of nitrogens with zero attached hydrogens (tertiary/aromatic N) is 3. The Labute approximate surface area is 497 Å². The second-order valence-electron chi connectivity index (χ2n) is 24.1. The number of quaternary nitrogens is 1. The molecule has 6 rings (SSSR count). The molecule has 0 saturated carbocycles. The van der Waals surface area contributed by atoms with Crippen LogP contribution < -0.4 is 44.1 Å². The smallest absolute Gasteiger partial charge is 0.179 e. The van der Waals surface area contributed by atoms with Gasteiger partial charge in [0.2, 0.25) is 0 Å². The molecule has 0 fully saturated rings. The van der Waals surface area contributed by atoms with Crippen LogP contribution in [-0.4, -0.2) is 124 Å². The maximum Gasteiger partial charge on any atom is 0.179 e. The predicted octanol–water partition coefficient (Wildman–Crippen LogP) is 7.63. The van der Waals surface area contributed by atoms with E-state index in [4.69, 9.17) is 9.47 Å². The van der Waals surface area contributed by atoms with E-state index in [0.29, 0.717) is 59.8 Å². The van der Waals surface area contributed by atoms with Crippen molar-refractivity contribution < 1.29 is 65.8 Å². The fraction of sp³-hybridized carbons (Fsp3) is 0.631. The summed E-state index contributed by atoms with van der Waals surface area (Å²) in [5.41, 5.74) is 3.49. The summed E-state index contributed by atoms with van der Waals surface area (Å²) >= 11 is 0. The molecule has 0 aliphatic carbocycles. The molecular weight excluding hydrogens is 1090 g/mol. The van der Waals surface area contributed by atoms with Crippen molar-refractivity contribution in [3.05, 3.63) is 107 Å². The number of rotatable bonds is 30. The highest BCUT2D eigenvalue weighted by atomic mass is 35.5. The lowest BCUT2D eigenvalue weighted by molar-refractivity contribution is -0.890. The first-order valence-electron chi connectivity index (χ1n) is 29.4. The number of unbranched alkanes of at least 4 members (excludes halogenated alkanes) is 8. The average molecular weight is 1190 g/mol. The molecule has 80 heavy (non-hydrogen) atoms. The van der Waals surface area contributed by atoms with Crippen molar-refractivity contribution in [1.29, 1.82) is 0 Å². The molecule has 2 aliphatic heterocycles. The van der Waals surface area contributed by atoms with Gasteiger partial charge in [-0.15, -0.1) is 0 Å². The molecule has 0 radical (unpaired) electrons. The first-order chi connectivity index (χ1) is 36.7. The quantitative estimate of drug-likeness (QED) is 0.0397. The molecule has 452 valence electrons. The SMILES string of the molecule is C.CCCCC1(CCCC)CS(=O)(=O)c2ccc(N(C)C)cc2[C@@H](c2ccc(OCCCCC[N+](C)(C)CCCCCOc3ccc([C@@H]4c5cc(N(C)C)ccc5S(=O)(=O)CC(CCCC)(CCCC)[C@@H]4O)cc3)cc2)[C@H]1O.[Cl-].[Cl-]. The fourth-order valence-corrected chi connectivity index (χ4v) is 16.8. The molecule has 0 aromatic heterocycles. The first-order valence-corrected chi connectivity index (χ1v) is 32.7. The largest absolute Gasteiger partial charge is 1.00 e. The zero-order valence-electron chi connectivity index (χ0n) is 49.6. The summed E-state index contributed by atoms with van der Waals surface area (Å²) in [6, 6.07) is 27.2. The number of aliphatic hydroxyl groups excluding tert-OH is 2. The molecule has 2 N–H and O–H groups in total. The number of halogens is 2. The molecule has 11 nitrogen and oxygen atoms in total. The van der Waals surface area contributed by atoms with E-state index in [1.165, 1.54) is 0 Å². The zero-order valence-corrected chi connectivity index (χ0v) is 52.8. The Hall–Kier alpha value is -3.56. The van der Waals surface area contributed by atoms with Gasteiger partial charge in [0.15, 0.2) is 19.7 Å². The first kappa shape index (κ1) is 70.7. The predicted molar refractivity (Wildman–Crippen MR) is 324 cm³/mol. The van der Waals surface area contributed by atoms with Gasteiger partial charge < -0.3 is 58.8 Å². The van der Waals surface area contributed by atoms with Crippen molar-refractivity contribution in [3.63, 3.8) is 0 Å². The summed E-state index contributed by atoms with van der Waals surface area (Å²) in [7, 11) is 5.12. The van der Waals surface area contributed by atoms with Crippen LogP contribution in [0.3, 0.4) is 0 Å². The summed E-state index contributed by atoms with van der Waals surface area (Å²) in [6.45, 7) is 11.9. The molecule has 0 unspecified atom stereocenters. The van der Waals surface area contributed by atoms with Gasteiger partial charge in [-0.3, -0.25) is 0 Å². The van der Waals surface area contributed by atoms with E-state index in [9.17, 15) is 27.0 Å². The lowest BCUT2D eigenvalue weighted by Gasteiger charge is -2.40. The number of anilines is 2. The van der Waals surface area contributed by atoms with Crippen molar-refractivity contribution in [2.24, 2.45) is 10.8 Å². The topological polar surface area (TPSA) is 134 Å². The van der Waals surface area contributed by atoms with E-state index in [0.717, 1.165) is 141 Å². The highest BCUT2D eigenvalue weighted by Crippen LogP contribution is 2.52. The van der Waals surface area contributed by atoms with E-state index < -0.39 is 54.5 Å². The third-order valence-electron chi connectivity index (χ3n) is 17.1. The van der Waals surface area contributed by atoms with Gasteiger partial charge in [0.05, 0.1) is 73.9 Å². The van der Waals surface area contributed by atoms with E-state index in [1.54, 1.807) is 12.1 Å². The molecule has 15 heteroatoms. The molecule has 0 spiro atoms. The van der Waals surface area contributed by atoms with Crippen LogP contribution in [0.4, 0.5) is 11.4 Å². The van der Waals surface area contributed by atoms with Crippen LogP contribution in [0.25, 0.3) is 0 Å². The molecule has 4 aromatic rings. The van der Waals surface area contributed by atoms with Crippen LogP contribution in [0, 0.1) is 10.8 Å². The molecule has 4 aromatic carbocycles. The van der Waals surface area contributed by atoms with Gasteiger partial charge in [-0.25, -0.2) is 16.8 Å². The van der Waals surface area contributed by atoms with E-state index in [2.05, 4.69) is 41.8 Å². The molecule has 2 heterocycles. The van der Waals surface area contributed by atoms with Crippen LogP contribution in [0.15, 0.2) is 94.7 Å². The molecule has 0 bridgehead atoms. The van der Waals surface area contributed by atoms with Gasteiger partial charge >= 0.3 is 0 Å². The summed E-state index contributed by atoms with van der Waals surface area (Å²) in [6.07, 6.45) is 14.4. The van der Waals surface area contributed by atoms with E-state index in [-0.39, 0.29) is 43.7 Å². The van der Waals surface area contributed by atoms with Crippen molar-refractivity contribution in [2.75, 3.05) is 89.9 Å². The third-order valence-corrected chi connectivity index (χ3v) is 21.1. The molecule has 4 atom stereocenters. The Bertz CT molecular complexity index is 2500. The molecule has 2 aliphatic rings. The maximum atomic E-state index is 14.2. The van der Waals surface area contributed by atoms with Crippen molar-refractivity contribution in [2.45, 2.75) is 185 Å². The number of fused-ring (bicyclic) bond motifs is 2. The Kier molecular flexibility index (Phi) is 28.2. The Morgan fingerprint density at radius 3 is 1.12 bits per heavy atom. The van der Waals surface area contributed by atoms with Crippen LogP contribution in [0.2, 0.25) is 0 Å². The third kappa shape index (κ3) is 17.7. The van der Waals surface area contributed by atoms with Gasteiger partial charge in [0, 0.05) is 62.2 Å². The highest BCUT2D eigenvalue weighted by molar-refractivity contribution is 7.91. The lowest BCUT2D eigenvalue weighted by atomic mass is 9.68. The zero-order chi connectivity index (χ0) is 56.0. The van der Waals surface area contributed by atoms with E-state index in [1.807, 2.05) is 111 Å². The summed E-state index contributed by atoms with van der Waals surface area (Å²) in [5.74, 6) is 0.487. The lowest BCUT2D eigenvalue weighted by Crippen LogP contribution is -3.00. The average Bonchev–Trinajstić information content (AvgIpc) is 3.52. The Morgan fingerprint density at radius 1 is 0.500 bits per heavy atom. The number of ether oxygens (including phenoxy) is 2. The van der Waals surface area contributed by atoms with Crippen molar-refractivity contribution in [1.82, 2.24) is 0 Å². The second kappa shape index (κ2) is 31.9. The van der Waals surface area contributed by atoms with Gasteiger partial charge in [0.25, 0.3) is 0 Å². The van der Waals surface area contributed by atoms with Gasteiger partial charge in [-0.05, 0) is 147 Å². The maximum absolute atomic E-state index is 14.2.